The molecule has 4 N–H and O–H groups in total. The first-order chi connectivity index (χ1) is 10.5. The lowest BCUT2D eigenvalue weighted by molar-refractivity contribution is 0.0995. The van der Waals surface area contributed by atoms with E-state index >= 15 is 0 Å². The third-order valence-corrected chi connectivity index (χ3v) is 3.11. The first-order valence-electron chi connectivity index (χ1n) is 7.14. The fraction of sp³-hybridized carbons (Fsp3) is 0.312. The van der Waals surface area contributed by atoms with Gasteiger partial charge in [-0.1, -0.05) is 26.0 Å². The van der Waals surface area contributed by atoms with Crippen LogP contribution in [0.4, 0.5) is 5.95 Å². The second kappa shape index (κ2) is 6.89. The molecule has 116 valence electrons. The van der Waals surface area contributed by atoms with E-state index in [2.05, 4.69) is 23.8 Å². The Balaban J connectivity index is 2.34. The van der Waals surface area contributed by atoms with Crippen molar-refractivity contribution >= 4 is 11.9 Å². The molecule has 1 heterocycles. The summed E-state index contributed by atoms with van der Waals surface area (Å²) in [6.07, 6.45) is 0.951. The molecule has 0 aliphatic rings. The summed E-state index contributed by atoms with van der Waals surface area (Å²) in [5, 5.41) is 0. The van der Waals surface area contributed by atoms with Gasteiger partial charge in [0.2, 0.25) is 5.95 Å². The molecule has 22 heavy (non-hydrogen) atoms. The van der Waals surface area contributed by atoms with Gasteiger partial charge < -0.3 is 16.2 Å². The van der Waals surface area contributed by atoms with E-state index in [4.69, 9.17) is 16.2 Å². The van der Waals surface area contributed by atoms with Crippen LogP contribution >= 0.6 is 0 Å². The van der Waals surface area contributed by atoms with Gasteiger partial charge in [-0.3, -0.25) is 4.79 Å². The summed E-state index contributed by atoms with van der Waals surface area (Å²) in [5.41, 5.74) is 12.3. The molecule has 6 heteroatoms. The van der Waals surface area contributed by atoms with E-state index in [0.717, 1.165) is 12.0 Å². The summed E-state index contributed by atoms with van der Waals surface area (Å²) in [5.74, 6) is 0.608. The van der Waals surface area contributed by atoms with Crippen molar-refractivity contribution in [2.24, 2.45) is 11.7 Å². The molecule has 0 fully saturated rings. The second-order valence-corrected chi connectivity index (χ2v) is 5.39. The van der Waals surface area contributed by atoms with Gasteiger partial charge >= 0.3 is 0 Å². The number of nitrogens with zero attached hydrogens (tertiary/aromatic N) is 2. The second-order valence-electron chi connectivity index (χ2n) is 5.39. The Morgan fingerprint density at radius 3 is 2.68 bits per heavy atom. The van der Waals surface area contributed by atoms with Crippen LogP contribution in [0.3, 0.4) is 0 Å². The average molecular weight is 300 g/mol. The molecule has 1 aromatic heterocycles. The van der Waals surface area contributed by atoms with Gasteiger partial charge in [0, 0.05) is 5.56 Å². The molecule has 1 amide bonds. The molecule has 0 saturated heterocycles. The van der Waals surface area contributed by atoms with E-state index < -0.39 is 5.91 Å². The van der Waals surface area contributed by atoms with Crippen LogP contribution in [0.15, 0.2) is 30.3 Å². The zero-order valence-electron chi connectivity index (χ0n) is 12.7. The Kier molecular flexibility index (Phi) is 4.93. The van der Waals surface area contributed by atoms with Crippen LogP contribution in [0.25, 0.3) is 11.3 Å². The number of nitrogens with two attached hydrogens (primary N) is 2. The highest BCUT2D eigenvalue weighted by Crippen LogP contribution is 2.29. The van der Waals surface area contributed by atoms with Crippen molar-refractivity contribution in [3.63, 3.8) is 0 Å². The molecule has 2 aromatic rings. The van der Waals surface area contributed by atoms with Gasteiger partial charge in [0.25, 0.3) is 5.91 Å². The maximum absolute atomic E-state index is 11.3. The number of anilines is 1. The number of hydrogen-bond donors (Lipinski definition) is 2. The average Bonchev–Trinajstić information content (AvgIpc) is 2.46. The third kappa shape index (κ3) is 3.94. The van der Waals surface area contributed by atoms with E-state index in [1.165, 1.54) is 6.07 Å². The van der Waals surface area contributed by atoms with E-state index in [9.17, 15) is 4.79 Å². The number of carbonyl (C=O) groups excluding carboxylic acids is 1. The normalized spacial score (nSPS) is 10.7. The number of carbonyl (C=O) groups is 1. The van der Waals surface area contributed by atoms with Gasteiger partial charge in [-0.2, -0.15) is 0 Å². The molecule has 0 radical (unpaired) electrons. The predicted molar refractivity (Wildman–Crippen MR) is 85.3 cm³/mol. The van der Waals surface area contributed by atoms with Gasteiger partial charge in [-0.05, 0) is 30.5 Å². The number of nitrogen functional groups attached to an aromatic ring is 1. The molecule has 0 aliphatic carbocycles. The molecule has 0 saturated carbocycles. The van der Waals surface area contributed by atoms with Crippen LogP contribution in [-0.2, 0) is 0 Å². The number of hydrogen-bond acceptors (Lipinski definition) is 5. The van der Waals surface area contributed by atoms with Crippen molar-refractivity contribution < 1.29 is 9.53 Å². The summed E-state index contributed by atoms with van der Waals surface area (Å²) in [4.78, 5) is 19.3. The molecule has 0 atom stereocenters. The minimum atomic E-state index is -0.645. The Hall–Kier alpha value is -2.63. The molecule has 0 bridgehead atoms. The monoisotopic (exact) mass is 300 g/mol. The minimum Gasteiger partial charge on any atom is -0.493 e. The summed E-state index contributed by atoms with van der Waals surface area (Å²) < 4.78 is 5.83. The van der Waals surface area contributed by atoms with Crippen molar-refractivity contribution in [3.05, 3.63) is 36.0 Å². The highest BCUT2D eigenvalue weighted by atomic mass is 16.5. The number of benzene rings is 1. The molecule has 6 nitrogen and oxygen atoms in total. The largest absolute Gasteiger partial charge is 0.493 e. The quantitative estimate of drug-likeness (QED) is 0.851. The number of aromatic nitrogens is 2. The molecule has 0 aliphatic heterocycles. The lowest BCUT2D eigenvalue weighted by Crippen LogP contribution is -2.15. The van der Waals surface area contributed by atoms with Crippen molar-refractivity contribution in [2.45, 2.75) is 20.3 Å². The zero-order valence-corrected chi connectivity index (χ0v) is 12.7. The predicted octanol–water partition coefficient (Wildman–Crippen LogP) is 2.25. The van der Waals surface area contributed by atoms with Crippen molar-refractivity contribution in [1.29, 1.82) is 0 Å². The Bertz CT molecular complexity index is 671. The highest BCUT2D eigenvalue weighted by Gasteiger charge is 2.12. The summed E-state index contributed by atoms with van der Waals surface area (Å²) in [6, 6.07) is 8.99. The standard InChI is InChI=1S/C16H20N4O2/c1-10(2)7-8-22-14-6-4-3-5-11(14)12-9-13(15(17)21)20-16(18)19-12/h3-6,9-10H,7-8H2,1-2H3,(H2,17,21)(H2,18,19,20). The number of rotatable bonds is 6. The summed E-state index contributed by atoms with van der Waals surface area (Å²) >= 11 is 0. The van der Waals surface area contributed by atoms with Gasteiger partial charge in [0.1, 0.15) is 11.4 Å². The van der Waals surface area contributed by atoms with Gasteiger partial charge in [0.05, 0.1) is 12.3 Å². The molecule has 0 unspecified atom stereocenters. The van der Waals surface area contributed by atoms with Crippen molar-refractivity contribution in [2.75, 3.05) is 12.3 Å². The Labute approximate surface area is 129 Å². The van der Waals surface area contributed by atoms with Crippen LogP contribution in [0.2, 0.25) is 0 Å². The van der Waals surface area contributed by atoms with E-state index in [0.29, 0.717) is 24.0 Å². The summed E-state index contributed by atoms with van der Waals surface area (Å²) in [6.45, 7) is 4.89. The molecular formula is C16H20N4O2. The van der Waals surface area contributed by atoms with Crippen LogP contribution in [0.1, 0.15) is 30.8 Å². The minimum absolute atomic E-state index is 0.00304. The number of amides is 1. The fourth-order valence-corrected chi connectivity index (χ4v) is 1.94. The lowest BCUT2D eigenvalue weighted by Gasteiger charge is -2.12. The van der Waals surface area contributed by atoms with Crippen LogP contribution in [0.5, 0.6) is 5.75 Å². The van der Waals surface area contributed by atoms with E-state index in [-0.39, 0.29) is 11.6 Å². The number of primary amides is 1. The van der Waals surface area contributed by atoms with Gasteiger partial charge in [-0.15, -0.1) is 0 Å². The smallest absolute Gasteiger partial charge is 0.267 e. The van der Waals surface area contributed by atoms with E-state index in [1.807, 2.05) is 24.3 Å². The van der Waals surface area contributed by atoms with Crippen molar-refractivity contribution in [3.8, 4) is 17.0 Å². The third-order valence-electron chi connectivity index (χ3n) is 3.11. The Morgan fingerprint density at radius 1 is 1.27 bits per heavy atom. The first-order valence-corrected chi connectivity index (χ1v) is 7.14. The van der Waals surface area contributed by atoms with Crippen LogP contribution < -0.4 is 16.2 Å². The topological polar surface area (TPSA) is 104 Å². The number of ether oxygens (including phenoxy) is 1. The van der Waals surface area contributed by atoms with Gasteiger partial charge in [0.15, 0.2) is 0 Å². The highest BCUT2D eigenvalue weighted by molar-refractivity contribution is 5.92. The van der Waals surface area contributed by atoms with Gasteiger partial charge in [-0.25, -0.2) is 9.97 Å². The SMILES string of the molecule is CC(C)CCOc1ccccc1-c1cc(C(N)=O)nc(N)n1. The lowest BCUT2D eigenvalue weighted by atomic mass is 10.1. The number of para-hydroxylation sites is 1. The first kappa shape index (κ1) is 15.8. The molecule has 1 aromatic carbocycles. The fourth-order valence-electron chi connectivity index (χ4n) is 1.94. The van der Waals surface area contributed by atoms with Crippen LogP contribution in [0, 0.1) is 5.92 Å². The molecular weight excluding hydrogens is 280 g/mol. The summed E-state index contributed by atoms with van der Waals surface area (Å²) in [7, 11) is 0. The van der Waals surface area contributed by atoms with Crippen molar-refractivity contribution in [1.82, 2.24) is 9.97 Å². The molecule has 2 rings (SSSR count). The Morgan fingerprint density at radius 2 is 2.00 bits per heavy atom. The molecule has 0 spiro atoms. The zero-order chi connectivity index (χ0) is 16.1. The maximum atomic E-state index is 11.3. The maximum Gasteiger partial charge on any atom is 0.267 e. The van der Waals surface area contributed by atoms with E-state index in [1.54, 1.807) is 0 Å². The van der Waals surface area contributed by atoms with Crippen LogP contribution in [-0.4, -0.2) is 22.5 Å².